The maximum absolute atomic E-state index is 12.8. The van der Waals surface area contributed by atoms with Crippen LogP contribution in [-0.4, -0.2) is 32.4 Å². The molecule has 1 aromatic rings. The molecule has 116 valence electrons. The third-order valence-electron chi connectivity index (χ3n) is 3.00. The molecule has 0 aromatic heterocycles. The fourth-order valence-electron chi connectivity index (χ4n) is 2.06. The minimum atomic E-state index is -3.53. The molecule has 0 atom stereocenters. The summed E-state index contributed by atoms with van der Waals surface area (Å²) in [6.45, 7) is 8.91. The van der Waals surface area contributed by atoms with Gasteiger partial charge in [-0.15, -0.1) is 0 Å². The number of nitrogens with zero attached hydrogens (tertiary/aromatic N) is 1. The monoisotopic (exact) mass is 308 g/mol. The highest BCUT2D eigenvalue weighted by Crippen LogP contribution is 2.22. The Kier molecular flexibility index (Phi) is 6.41. The molecule has 0 aliphatic heterocycles. The van der Waals surface area contributed by atoms with Crippen LogP contribution >= 0.6 is 0 Å². The van der Waals surface area contributed by atoms with Crippen molar-refractivity contribution >= 4 is 10.0 Å². The number of sulfonamides is 1. The first-order valence-electron chi connectivity index (χ1n) is 7.12. The first-order valence-corrected chi connectivity index (χ1v) is 8.56. The molecule has 0 spiro atoms. The summed E-state index contributed by atoms with van der Waals surface area (Å²) in [5, 5.41) is 0. The molecule has 0 heterocycles. The molecule has 4 nitrogen and oxygen atoms in total. The van der Waals surface area contributed by atoms with Gasteiger partial charge in [0.2, 0.25) is 10.0 Å². The lowest BCUT2D eigenvalue weighted by Gasteiger charge is -2.23. The molecule has 0 fully saturated rings. The summed E-state index contributed by atoms with van der Waals surface area (Å²) < 4.78 is 27.1. The average molecular weight is 308 g/mol. The van der Waals surface area contributed by atoms with E-state index in [4.69, 9.17) is 5.73 Å². The normalized spacial score (nSPS) is 11.6. The Morgan fingerprint density at radius 1 is 1.33 bits per heavy atom. The number of nitrogens with two attached hydrogens (primary N) is 1. The van der Waals surface area contributed by atoms with Gasteiger partial charge in [0.25, 0.3) is 0 Å². The van der Waals surface area contributed by atoms with Crippen molar-refractivity contribution in [3.8, 4) is 11.8 Å². The minimum Gasteiger partial charge on any atom is -0.320 e. The van der Waals surface area contributed by atoms with E-state index in [2.05, 4.69) is 11.8 Å². The van der Waals surface area contributed by atoms with Crippen LogP contribution in [0.25, 0.3) is 0 Å². The van der Waals surface area contributed by atoms with Crippen molar-refractivity contribution in [2.24, 2.45) is 11.7 Å². The smallest absolute Gasteiger partial charge is 0.244 e. The van der Waals surface area contributed by atoms with E-state index in [1.165, 1.54) is 4.31 Å². The predicted octanol–water partition coefficient (Wildman–Crippen LogP) is 1.97. The molecule has 0 bridgehead atoms. The van der Waals surface area contributed by atoms with E-state index in [0.29, 0.717) is 18.7 Å². The van der Waals surface area contributed by atoms with E-state index in [9.17, 15) is 8.42 Å². The molecule has 5 heteroatoms. The number of hydrogen-bond acceptors (Lipinski definition) is 3. The van der Waals surface area contributed by atoms with E-state index >= 15 is 0 Å². The molecule has 0 aliphatic carbocycles. The molecule has 0 aliphatic rings. The number of hydrogen-bond donors (Lipinski definition) is 1. The Morgan fingerprint density at radius 2 is 2.00 bits per heavy atom. The lowest BCUT2D eigenvalue weighted by atomic mass is 10.1. The summed E-state index contributed by atoms with van der Waals surface area (Å²) in [6, 6.07) is 5.22. The zero-order valence-electron chi connectivity index (χ0n) is 13.2. The number of benzene rings is 1. The molecule has 0 saturated carbocycles. The lowest BCUT2D eigenvalue weighted by molar-refractivity contribution is 0.381. The standard InChI is InChI=1S/C16H24N2O2S/c1-5-18(12-13(2)3)21(19,20)16-9-8-14(4)11-15(16)7-6-10-17/h8-9,11,13H,5,10,12,17H2,1-4H3. The summed E-state index contributed by atoms with van der Waals surface area (Å²) >= 11 is 0. The summed E-state index contributed by atoms with van der Waals surface area (Å²) in [6.07, 6.45) is 0. The van der Waals surface area contributed by atoms with Crippen LogP contribution in [0.15, 0.2) is 23.1 Å². The Balaban J connectivity index is 3.36. The molecule has 1 rings (SSSR count). The van der Waals surface area contributed by atoms with Gasteiger partial charge in [0.1, 0.15) is 0 Å². The fourth-order valence-corrected chi connectivity index (χ4v) is 3.80. The van der Waals surface area contributed by atoms with Crippen molar-refractivity contribution in [1.29, 1.82) is 0 Å². The van der Waals surface area contributed by atoms with Gasteiger partial charge >= 0.3 is 0 Å². The van der Waals surface area contributed by atoms with Crippen LogP contribution in [0.3, 0.4) is 0 Å². The highest BCUT2D eigenvalue weighted by molar-refractivity contribution is 7.89. The quantitative estimate of drug-likeness (QED) is 0.846. The maximum atomic E-state index is 12.8. The molecule has 2 N–H and O–H groups in total. The van der Waals surface area contributed by atoms with Crippen molar-refractivity contribution in [2.45, 2.75) is 32.6 Å². The van der Waals surface area contributed by atoms with Gasteiger partial charge in [-0.05, 0) is 30.5 Å². The van der Waals surface area contributed by atoms with Crippen LogP contribution in [0.1, 0.15) is 31.9 Å². The van der Waals surface area contributed by atoms with E-state index in [1.807, 2.05) is 27.7 Å². The molecule has 0 radical (unpaired) electrons. The second-order valence-electron chi connectivity index (χ2n) is 5.36. The number of aryl methyl sites for hydroxylation is 1. The second kappa shape index (κ2) is 7.60. The maximum Gasteiger partial charge on any atom is 0.244 e. The Hall–Kier alpha value is -1.35. The SMILES string of the molecule is CCN(CC(C)C)S(=O)(=O)c1ccc(C)cc1C#CCN. The highest BCUT2D eigenvalue weighted by atomic mass is 32.2. The first kappa shape index (κ1) is 17.7. The van der Waals surface area contributed by atoms with Crippen molar-refractivity contribution in [3.05, 3.63) is 29.3 Å². The molecular weight excluding hydrogens is 284 g/mol. The van der Waals surface area contributed by atoms with Crippen LogP contribution < -0.4 is 5.73 Å². The Labute approximate surface area is 128 Å². The second-order valence-corrected chi connectivity index (χ2v) is 7.26. The van der Waals surface area contributed by atoms with Crippen LogP contribution in [0.5, 0.6) is 0 Å². The molecule has 21 heavy (non-hydrogen) atoms. The zero-order chi connectivity index (χ0) is 16.0. The van der Waals surface area contributed by atoms with Crippen molar-refractivity contribution in [2.75, 3.05) is 19.6 Å². The lowest BCUT2D eigenvalue weighted by Crippen LogP contribution is -2.34. The topological polar surface area (TPSA) is 63.4 Å². The van der Waals surface area contributed by atoms with Gasteiger partial charge in [-0.2, -0.15) is 4.31 Å². The van der Waals surface area contributed by atoms with Crippen molar-refractivity contribution in [1.82, 2.24) is 4.31 Å². The van der Waals surface area contributed by atoms with Crippen LogP contribution in [-0.2, 0) is 10.0 Å². The zero-order valence-corrected chi connectivity index (χ0v) is 14.0. The number of rotatable bonds is 5. The van der Waals surface area contributed by atoms with E-state index < -0.39 is 10.0 Å². The average Bonchev–Trinajstić information content (AvgIpc) is 2.41. The van der Waals surface area contributed by atoms with E-state index in [0.717, 1.165) is 5.56 Å². The predicted molar refractivity (Wildman–Crippen MR) is 86.4 cm³/mol. The van der Waals surface area contributed by atoms with Gasteiger partial charge in [0, 0.05) is 18.7 Å². The summed E-state index contributed by atoms with van der Waals surface area (Å²) in [5.74, 6) is 5.88. The fraction of sp³-hybridized carbons (Fsp3) is 0.500. The summed E-state index contributed by atoms with van der Waals surface area (Å²) in [5.41, 5.74) is 6.88. The van der Waals surface area contributed by atoms with Gasteiger partial charge in [-0.1, -0.05) is 38.7 Å². The van der Waals surface area contributed by atoms with Gasteiger partial charge < -0.3 is 5.73 Å². The van der Waals surface area contributed by atoms with Crippen molar-refractivity contribution in [3.63, 3.8) is 0 Å². The van der Waals surface area contributed by atoms with Gasteiger partial charge in [-0.3, -0.25) is 0 Å². The van der Waals surface area contributed by atoms with Crippen molar-refractivity contribution < 1.29 is 8.42 Å². The van der Waals surface area contributed by atoms with Gasteiger partial charge in [-0.25, -0.2) is 8.42 Å². The van der Waals surface area contributed by atoms with Crippen LogP contribution in [0, 0.1) is 24.7 Å². The molecule has 0 amide bonds. The third-order valence-corrected chi connectivity index (χ3v) is 5.00. The summed E-state index contributed by atoms with van der Waals surface area (Å²) in [7, 11) is -3.53. The third kappa shape index (κ3) is 4.57. The van der Waals surface area contributed by atoms with Gasteiger partial charge in [0.15, 0.2) is 0 Å². The molecular formula is C16H24N2O2S. The van der Waals surface area contributed by atoms with Gasteiger partial charge in [0.05, 0.1) is 11.4 Å². The molecule has 0 saturated heterocycles. The summed E-state index contributed by atoms with van der Waals surface area (Å²) in [4.78, 5) is 0.261. The Bertz CT molecular complexity index is 640. The van der Waals surface area contributed by atoms with Crippen LogP contribution in [0.2, 0.25) is 0 Å². The first-order chi connectivity index (χ1) is 9.82. The minimum absolute atomic E-state index is 0.205. The van der Waals surface area contributed by atoms with E-state index in [1.54, 1.807) is 18.2 Å². The highest BCUT2D eigenvalue weighted by Gasteiger charge is 2.26. The van der Waals surface area contributed by atoms with E-state index in [-0.39, 0.29) is 17.4 Å². The molecule has 1 aromatic carbocycles. The largest absolute Gasteiger partial charge is 0.320 e. The Morgan fingerprint density at radius 3 is 2.52 bits per heavy atom. The van der Waals surface area contributed by atoms with Crippen LogP contribution in [0.4, 0.5) is 0 Å². The molecule has 0 unspecified atom stereocenters.